The van der Waals surface area contributed by atoms with Gasteiger partial charge in [0.15, 0.2) is 0 Å². The second kappa shape index (κ2) is 6.18. The Hall–Kier alpha value is -1.10. The average Bonchev–Trinajstić information content (AvgIpc) is 3.13. The molecular weight excluding hydrogens is 232 g/mol. The predicted molar refractivity (Wildman–Crippen MR) is 67.2 cm³/mol. The summed E-state index contributed by atoms with van der Waals surface area (Å²) in [7, 11) is 0. The van der Waals surface area contributed by atoms with E-state index in [0.29, 0.717) is 12.8 Å². The largest absolute Gasteiger partial charge is 0.481 e. The van der Waals surface area contributed by atoms with Gasteiger partial charge < -0.3 is 10.0 Å². The average molecular weight is 254 g/mol. The van der Waals surface area contributed by atoms with Crippen molar-refractivity contribution in [3.8, 4) is 0 Å². The van der Waals surface area contributed by atoms with Gasteiger partial charge >= 0.3 is 5.97 Å². The van der Waals surface area contributed by atoms with Crippen molar-refractivity contribution in [3.05, 3.63) is 0 Å². The number of nitrogens with zero attached hydrogens (tertiary/aromatic N) is 2. The van der Waals surface area contributed by atoms with Gasteiger partial charge in [0.25, 0.3) is 0 Å². The van der Waals surface area contributed by atoms with Crippen molar-refractivity contribution in [2.45, 2.75) is 32.1 Å². The number of carboxylic acids is 1. The highest BCUT2D eigenvalue weighted by atomic mass is 16.4. The summed E-state index contributed by atoms with van der Waals surface area (Å²) in [4.78, 5) is 26.5. The number of amides is 1. The van der Waals surface area contributed by atoms with Crippen LogP contribution in [0.5, 0.6) is 0 Å². The molecule has 18 heavy (non-hydrogen) atoms. The maximum atomic E-state index is 11.8. The number of carbonyl (C=O) groups is 2. The first-order chi connectivity index (χ1) is 8.65. The van der Waals surface area contributed by atoms with Gasteiger partial charge in [-0.2, -0.15) is 0 Å². The highest BCUT2D eigenvalue weighted by Gasteiger charge is 2.27. The molecule has 0 aromatic rings. The van der Waals surface area contributed by atoms with Crippen molar-refractivity contribution in [3.63, 3.8) is 0 Å². The van der Waals surface area contributed by atoms with Crippen molar-refractivity contribution in [2.75, 3.05) is 32.7 Å². The van der Waals surface area contributed by atoms with E-state index < -0.39 is 5.97 Å². The zero-order chi connectivity index (χ0) is 13.0. The second-order valence-corrected chi connectivity index (χ2v) is 5.37. The molecule has 0 atom stereocenters. The Kier molecular flexibility index (Phi) is 4.58. The molecule has 1 saturated heterocycles. The van der Waals surface area contributed by atoms with Gasteiger partial charge in [0.2, 0.25) is 5.91 Å². The lowest BCUT2D eigenvalue weighted by molar-refractivity contribution is -0.137. The summed E-state index contributed by atoms with van der Waals surface area (Å²) in [6.07, 6.45) is 3.65. The van der Waals surface area contributed by atoms with Gasteiger partial charge in [-0.25, -0.2) is 0 Å². The number of aliphatic carboxylic acids is 1. The van der Waals surface area contributed by atoms with Crippen LogP contribution in [-0.2, 0) is 9.59 Å². The fourth-order valence-corrected chi connectivity index (χ4v) is 2.39. The van der Waals surface area contributed by atoms with Crippen LogP contribution in [0.3, 0.4) is 0 Å². The molecule has 1 aliphatic heterocycles. The Morgan fingerprint density at radius 1 is 1.06 bits per heavy atom. The molecule has 0 spiro atoms. The lowest BCUT2D eigenvalue weighted by atomic mass is 10.2. The summed E-state index contributed by atoms with van der Waals surface area (Å²) in [6, 6.07) is 0. The maximum absolute atomic E-state index is 11.8. The van der Waals surface area contributed by atoms with Crippen LogP contribution < -0.4 is 0 Å². The zero-order valence-corrected chi connectivity index (χ0v) is 10.8. The molecule has 1 aliphatic carbocycles. The van der Waals surface area contributed by atoms with E-state index in [0.717, 1.165) is 32.1 Å². The number of hydrogen-bond donors (Lipinski definition) is 1. The molecule has 0 aromatic heterocycles. The Balaban J connectivity index is 1.61. The standard InChI is InChI=1S/C13H22N2O3/c16-12(2-1-3-13(17)18)15-8-6-14(7-9-15)10-11-4-5-11/h11H,1-10H2,(H,17,18). The van der Waals surface area contributed by atoms with E-state index >= 15 is 0 Å². The van der Waals surface area contributed by atoms with E-state index in [-0.39, 0.29) is 12.3 Å². The van der Waals surface area contributed by atoms with E-state index in [9.17, 15) is 9.59 Å². The first-order valence-electron chi connectivity index (χ1n) is 6.87. The minimum Gasteiger partial charge on any atom is -0.481 e. The summed E-state index contributed by atoms with van der Waals surface area (Å²) < 4.78 is 0. The van der Waals surface area contributed by atoms with Gasteiger partial charge in [-0.3, -0.25) is 14.5 Å². The van der Waals surface area contributed by atoms with Crippen LogP contribution in [0.4, 0.5) is 0 Å². The lowest BCUT2D eigenvalue weighted by Gasteiger charge is -2.34. The Labute approximate surface area is 108 Å². The summed E-state index contributed by atoms with van der Waals surface area (Å²) in [5.41, 5.74) is 0. The molecule has 1 saturated carbocycles. The van der Waals surface area contributed by atoms with Gasteiger partial charge in [0.05, 0.1) is 0 Å². The quantitative estimate of drug-likeness (QED) is 0.761. The van der Waals surface area contributed by atoms with E-state index in [1.54, 1.807) is 0 Å². The minimum atomic E-state index is -0.822. The topological polar surface area (TPSA) is 60.9 Å². The third kappa shape index (κ3) is 4.29. The highest BCUT2D eigenvalue weighted by molar-refractivity contribution is 5.77. The summed E-state index contributed by atoms with van der Waals surface area (Å²) in [6.45, 7) is 4.75. The maximum Gasteiger partial charge on any atom is 0.303 e. The molecule has 0 aromatic carbocycles. The molecule has 1 amide bonds. The number of hydrogen-bond acceptors (Lipinski definition) is 3. The molecule has 0 radical (unpaired) electrons. The van der Waals surface area contributed by atoms with Crippen LogP contribution in [0.25, 0.3) is 0 Å². The number of piperazine rings is 1. The van der Waals surface area contributed by atoms with Gasteiger partial charge in [-0.1, -0.05) is 0 Å². The van der Waals surface area contributed by atoms with Crippen molar-refractivity contribution in [1.82, 2.24) is 9.80 Å². The molecule has 2 aliphatic rings. The summed E-state index contributed by atoms with van der Waals surface area (Å²) >= 11 is 0. The normalized spacial score (nSPS) is 21.0. The van der Waals surface area contributed by atoms with E-state index in [1.165, 1.54) is 19.4 Å². The van der Waals surface area contributed by atoms with Crippen LogP contribution in [0.2, 0.25) is 0 Å². The van der Waals surface area contributed by atoms with Crippen LogP contribution in [0.15, 0.2) is 0 Å². The van der Waals surface area contributed by atoms with E-state index in [2.05, 4.69) is 4.90 Å². The van der Waals surface area contributed by atoms with Crippen LogP contribution in [-0.4, -0.2) is 59.5 Å². The Bertz CT molecular complexity index is 307. The lowest BCUT2D eigenvalue weighted by Crippen LogP contribution is -2.49. The van der Waals surface area contributed by atoms with Crippen LogP contribution in [0, 0.1) is 5.92 Å². The smallest absolute Gasteiger partial charge is 0.303 e. The van der Waals surface area contributed by atoms with Crippen molar-refractivity contribution >= 4 is 11.9 Å². The van der Waals surface area contributed by atoms with Gasteiger partial charge in [0, 0.05) is 45.6 Å². The van der Waals surface area contributed by atoms with Gasteiger partial charge in [0.1, 0.15) is 0 Å². The SMILES string of the molecule is O=C(O)CCCC(=O)N1CCN(CC2CC2)CC1. The molecule has 2 fully saturated rings. The minimum absolute atomic E-state index is 0.0907. The molecule has 5 heteroatoms. The molecule has 0 bridgehead atoms. The highest BCUT2D eigenvalue weighted by Crippen LogP contribution is 2.29. The van der Waals surface area contributed by atoms with E-state index in [1.807, 2.05) is 4.90 Å². The molecule has 0 unspecified atom stereocenters. The zero-order valence-electron chi connectivity index (χ0n) is 10.8. The second-order valence-electron chi connectivity index (χ2n) is 5.37. The van der Waals surface area contributed by atoms with Crippen molar-refractivity contribution in [1.29, 1.82) is 0 Å². The molecule has 1 heterocycles. The third-order valence-corrected chi connectivity index (χ3v) is 3.72. The monoisotopic (exact) mass is 254 g/mol. The first kappa shape index (κ1) is 13.3. The van der Waals surface area contributed by atoms with Crippen molar-refractivity contribution < 1.29 is 14.7 Å². The molecule has 1 N–H and O–H groups in total. The molecule has 102 valence electrons. The summed E-state index contributed by atoms with van der Waals surface area (Å²) in [5.74, 6) is 0.196. The molecule has 2 rings (SSSR count). The fourth-order valence-electron chi connectivity index (χ4n) is 2.39. The summed E-state index contributed by atoms with van der Waals surface area (Å²) in [5, 5.41) is 8.53. The van der Waals surface area contributed by atoms with E-state index in [4.69, 9.17) is 5.11 Å². The third-order valence-electron chi connectivity index (χ3n) is 3.72. The fraction of sp³-hybridized carbons (Fsp3) is 0.846. The van der Waals surface area contributed by atoms with Crippen LogP contribution >= 0.6 is 0 Å². The predicted octanol–water partition coefficient (Wildman–Crippen LogP) is 0.795. The first-order valence-corrected chi connectivity index (χ1v) is 6.87. The number of carboxylic acid groups (broad SMARTS) is 1. The van der Waals surface area contributed by atoms with Gasteiger partial charge in [-0.05, 0) is 25.2 Å². The Morgan fingerprint density at radius 3 is 2.28 bits per heavy atom. The van der Waals surface area contributed by atoms with Gasteiger partial charge in [-0.15, -0.1) is 0 Å². The molecular formula is C13H22N2O3. The molecule has 5 nitrogen and oxygen atoms in total. The van der Waals surface area contributed by atoms with Crippen LogP contribution in [0.1, 0.15) is 32.1 Å². The van der Waals surface area contributed by atoms with Crippen molar-refractivity contribution in [2.24, 2.45) is 5.92 Å². The number of rotatable bonds is 6. The number of carbonyl (C=O) groups excluding carboxylic acids is 1. The Morgan fingerprint density at radius 2 is 1.72 bits per heavy atom.